The Morgan fingerprint density at radius 3 is 2.75 bits per heavy atom. The van der Waals surface area contributed by atoms with E-state index in [-0.39, 0.29) is 24.4 Å². The number of imidazole rings is 1. The van der Waals surface area contributed by atoms with Gasteiger partial charge in [-0.3, -0.25) is 9.69 Å². The summed E-state index contributed by atoms with van der Waals surface area (Å²) in [4.78, 5) is 26.1. The number of nitrogens with zero attached hydrogens (tertiary/aromatic N) is 3. The lowest BCUT2D eigenvalue weighted by Crippen LogP contribution is -2.26. The summed E-state index contributed by atoms with van der Waals surface area (Å²) in [7, 11) is 1.57. The summed E-state index contributed by atoms with van der Waals surface area (Å²) in [5.41, 5.74) is 4.03. The molecule has 2 aromatic heterocycles. The molecule has 0 bridgehead atoms. The van der Waals surface area contributed by atoms with Gasteiger partial charge in [0.25, 0.3) is 5.91 Å². The summed E-state index contributed by atoms with van der Waals surface area (Å²) in [6, 6.07) is 14.2. The lowest BCUT2D eigenvalue weighted by Gasteiger charge is -2.18. The molecule has 8 nitrogen and oxygen atoms in total. The summed E-state index contributed by atoms with van der Waals surface area (Å²) in [6.07, 6.45) is 2.57. The third-order valence-electron chi connectivity index (χ3n) is 6.19. The molecule has 36 heavy (non-hydrogen) atoms. The minimum Gasteiger partial charge on any atom is -0.484 e. The first kappa shape index (κ1) is 24.0. The zero-order chi connectivity index (χ0) is 25.1. The molecule has 1 aliphatic heterocycles. The maximum absolute atomic E-state index is 13.2. The number of anilines is 1. The number of rotatable bonds is 8. The van der Waals surface area contributed by atoms with Gasteiger partial charge in [0, 0.05) is 38.3 Å². The number of amides is 1. The number of aromatic nitrogens is 3. The average Bonchev–Trinajstić information content (AvgIpc) is 3.53. The second-order valence-electron chi connectivity index (χ2n) is 8.74. The molecule has 186 valence electrons. The molecule has 0 spiro atoms. The van der Waals surface area contributed by atoms with E-state index in [1.54, 1.807) is 25.4 Å². The van der Waals surface area contributed by atoms with Crippen molar-refractivity contribution in [3.05, 3.63) is 71.1 Å². The van der Waals surface area contributed by atoms with Gasteiger partial charge in [-0.15, -0.1) is 0 Å². The smallest absolute Gasteiger partial charge is 0.257 e. The second kappa shape index (κ2) is 10.5. The molecule has 0 radical (unpaired) electrons. The Kier molecular flexibility index (Phi) is 7.02. The first-order chi connectivity index (χ1) is 17.5. The predicted molar refractivity (Wildman–Crippen MR) is 138 cm³/mol. The maximum Gasteiger partial charge on any atom is 0.257 e. The molecule has 5 rings (SSSR count). The molecule has 0 saturated carbocycles. The molecule has 1 fully saturated rings. The van der Waals surface area contributed by atoms with Crippen LogP contribution in [0.1, 0.15) is 12.0 Å². The standard InChI is InChI=1S/C26H26ClFN6O2/c1-29-22(35)15-36-20-8-4-17(5-9-20)25-32-24-23(21(27)12-30-26(24)33-25)31-19-10-11-34(14-19)13-16-2-6-18(28)7-3-16/h2-9,12,19H,10-11,13-15H2,1H3,(H,29,35)(H2,30,31,32,33)/t19-/m0/s1. The van der Waals surface area contributed by atoms with Crippen LogP contribution >= 0.6 is 11.6 Å². The van der Waals surface area contributed by atoms with Gasteiger partial charge >= 0.3 is 0 Å². The minimum atomic E-state index is -0.222. The SMILES string of the molecule is CNC(=O)COc1ccc(-c2nc3ncc(Cl)c(N[C@H]4CCN(Cc5ccc(F)cc5)C4)c3[nH]2)cc1. The molecule has 3 N–H and O–H groups in total. The summed E-state index contributed by atoms with van der Waals surface area (Å²) in [5, 5.41) is 6.62. The van der Waals surface area contributed by atoms with Crippen LogP contribution in [0, 0.1) is 5.82 Å². The van der Waals surface area contributed by atoms with Gasteiger partial charge in [-0.25, -0.2) is 14.4 Å². The normalized spacial score (nSPS) is 15.8. The molecule has 1 atom stereocenters. The Morgan fingerprint density at radius 2 is 2.00 bits per heavy atom. The van der Waals surface area contributed by atoms with Crippen LogP contribution in [0.25, 0.3) is 22.6 Å². The highest BCUT2D eigenvalue weighted by Crippen LogP contribution is 2.32. The quantitative estimate of drug-likeness (QED) is 0.330. The van der Waals surface area contributed by atoms with Crippen molar-refractivity contribution in [3.8, 4) is 17.1 Å². The van der Waals surface area contributed by atoms with Crippen molar-refractivity contribution in [3.63, 3.8) is 0 Å². The van der Waals surface area contributed by atoms with Crippen LogP contribution in [-0.2, 0) is 11.3 Å². The number of benzene rings is 2. The maximum atomic E-state index is 13.2. The number of aromatic amines is 1. The number of halogens is 2. The first-order valence-corrected chi connectivity index (χ1v) is 12.1. The number of carbonyl (C=O) groups excluding carboxylic acids is 1. The number of hydrogen-bond acceptors (Lipinski definition) is 6. The number of carbonyl (C=O) groups is 1. The molecular formula is C26H26ClFN6O2. The van der Waals surface area contributed by atoms with Gasteiger partial charge in [-0.1, -0.05) is 23.7 Å². The third-order valence-corrected chi connectivity index (χ3v) is 6.48. The van der Waals surface area contributed by atoms with E-state index in [2.05, 4.69) is 30.5 Å². The highest BCUT2D eigenvalue weighted by Gasteiger charge is 2.24. The molecule has 0 unspecified atom stereocenters. The van der Waals surface area contributed by atoms with Crippen LogP contribution in [0.5, 0.6) is 5.75 Å². The Hall–Kier alpha value is -3.69. The van der Waals surface area contributed by atoms with Crippen LogP contribution < -0.4 is 15.4 Å². The van der Waals surface area contributed by atoms with E-state index in [1.807, 2.05) is 24.3 Å². The number of fused-ring (bicyclic) bond motifs is 1. The number of nitrogens with one attached hydrogen (secondary N) is 3. The van der Waals surface area contributed by atoms with Crippen molar-refractivity contribution in [2.75, 3.05) is 32.1 Å². The van der Waals surface area contributed by atoms with Crippen molar-refractivity contribution < 1.29 is 13.9 Å². The molecule has 4 aromatic rings. The van der Waals surface area contributed by atoms with E-state index in [9.17, 15) is 9.18 Å². The van der Waals surface area contributed by atoms with Crippen LogP contribution in [0.3, 0.4) is 0 Å². The Morgan fingerprint density at radius 1 is 1.22 bits per heavy atom. The van der Waals surface area contributed by atoms with Crippen molar-refractivity contribution in [2.24, 2.45) is 0 Å². The second-order valence-corrected chi connectivity index (χ2v) is 9.15. The predicted octanol–water partition coefficient (Wildman–Crippen LogP) is 4.23. The monoisotopic (exact) mass is 508 g/mol. The molecule has 1 saturated heterocycles. The largest absolute Gasteiger partial charge is 0.484 e. The molecule has 3 heterocycles. The lowest BCUT2D eigenvalue weighted by molar-refractivity contribution is -0.122. The van der Waals surface area contributed by atoms with Crippen LogP contribution in [0.2, 0.25) is 5.02 Å². The van der Waals surface area contributed by atoms with Crippen LogP contribution in [-0.4, -0.2) is 58.5 Å². The fraction of sp³-hybridized carbons (Fsp3) is 0.269. The number of hydrogen-bond donors (Lipinski definition) is 3. The number of ether oxygens (including phenoxy) is 1. The van der Waals surface area contributed by atoms with Crippen molar-refractivity contribution in [1.29, 1.82) is 0 Å². The summed E-state index contributed by atoms with van der Waals surface area (Å²) in [6.45, 7) is 2.51. The van der Waals surface area contributed by atoms with E-state index >= 15 is 0 Å². The van der Waals surface area contributed by atoms with Gasteiger partial charge in [0.05, 0.1) is 16.9 Å². The summed E-state index contributed by atoms with van der Waals surface area (Å²) >= 11 is 6.54. The minimum absolute atomic E-state index is 0.0412. The molecule has 1 amide bonds. The van der Waals surface area contributed by atoms with Gasteiger partial charge in [0.1, 0.15) is 22.9 Å². The van der Waals surface area contributed by atoms with Crippen LogP contribution in [0.15, 0.2) is 54.7 Å². The number of pyridine rings is 1. The third kappa shape index (κ3) is 5.42. The fourth-order valence-corrected chi connectivity index (χ4v) is 4.49. The Bertz CT molecular complexity index is 1360. The van der Waals surface area contributed by atoms with Crippen molar-refractivity contribution in [2.45, 2.75) is 19.0 Å². The van der Waals surface area contributed by atoms with E-state index in [0.29, 0.717) is 22.2 Å². The van der Waals surface area contributed by atoms with Gasteiger partial charge in [-0.05, 0) is 48.4 Å². The Labute approximate surface area is 212 Å². The van der Waals surface area contributed by atoms with Crippen LogP contribution in [0.4, 0.5) is 10.1 Å². The van der Waals surface area contributed by atoms with E-state index in [1.165, 1.54) is 12.1 Å². The molecule has 1 aliphatic rings. The average molecular weight is 509 g/mol. The highest BCUT2D eigenvalue weighted by molar-refractivity contribution is 6.34. The number of likely N-dealkylation sites (tertiary alicyclic amines) is 1. The van der Waals surface area contributed by atoms with E-state index < -0.39 is 0 Å². The number of H-pyrrole nitrogens is 1. The summed E-state index contributed by atoms with van der Waals surface area (Å²) < 4.78 is 18.7. The van der Waals surface area contributed by atoms with E-state index in [4.69, 9.17) is 16.3 Å². The topological polar surface area (TPSA) is 95.2 Å². The number of likely N-dealkylation sites (N-methyl/N-ethyl adjacent to an activating group) is 1. The molecule has 0 aliphatic carbocycles. The Balaban J connectivity index is 1.29. The fourth-order valence-electron chi connectivity index (χ4n) is 4.29. The van der Waals surface area contributed by atoms with Gasteiger partial charge in [0.15, 0.2) is 12.3 Å². The molecular weight excluding hydrogens is 483 g/mol. The zero-order valence-corrected chi connectivity index (χ0v) is 20.5. The van der Waals surface area contributed by atoms with E-state index in [0.717, 1.165) is 48.4 Å². The lowest BCUT2D eigenvalue weighted by atomic mass is 10.2. The van der Waals surface area contributed by atoms with Gasteiger partial charge in [0.2, 0.25) is 0 Å². The molecule has 10 heteroatoms. The van der Waals surface area contributed by atoms with Crippen molar-refractivity contribution >= 4 is 34.4 Å². The summed E-state index contributed by atoms with van der Waals surface area (Å²) in [5.74, 6) is 0.832. The van der Waals surface area contributed by atoms with Gasteiger partial charge < -0.3 is 20.4 Å². The highest BCUT2D eigenvalue weighted by atomic mass is 35.5. The molecule has 2 aromatic carbocycles. The first-order valence-electron chi connectivity index (χ1n) is 11.7. The zero-order valence-electron chi connectivity index (χ0n) is 19.7. The van der Waals surface area contributed by atoms with Crippen molar-refractivity contribution in [1.82, 2.24) is 25.2 Å². The van der Waals surface area contributed by atoms with Gasteiger partial charge in [-0.2, -0.15) is 0 Å².